The molecule has 2 atom stereocenters. The third-order valence-electron chi connectivity index (χ3n) is 1.32. The Morgan fingerprint density at radius 1 is 1.73 bits per heavy atom. The van der Waals surface area contributed by atoms with Crippen molar-refractivity contribution in [1.29, 1.82) is 5.26 Å². The predicted octanol–water partition coefficient (Wildman–Crippen LogP) is 0.562. The maximum atomic E-state index is 8.45. The highest BCUT2D eigenvalue weighted by atomic mass is 16.7. The molecule has 0 amide bonds. The quantitative estimate of drug-likeness (QED) is 0.330. The van der Waals surface area contributed by atoms with E-state index in [4.69, 9.17) is 20.3 Å². The summed E-state index contributed by atoms with van der Waals surface area (Å²) in [7, 11) is 0. The van der Waals surface area contributed by atoms with Gasteiger partial charge in [0.1, 0.15) is 12.9 Å². The predicted molar refractivity (Wildman–Crippen MR) is 34.2 cm³/mol. The van der Waals surface area contributed by atoms with Gasteiger partial charge in [-0.25, -0.2) is 0 Å². The van der Waals surface area contributed by atoms with Gasteiger partial charge in [-0.1, -0.05) is 5.11 Å². The van der Waals surface area contributed by atoms with Gasteiger partial charge in [0.05, 0.1) is 12.6 Å². The van der Waals surface area contributed by atoms with Crippen molar-refractivity contribution < 1.29 is 9.47 Å². The number of azide groups is 1. The first-order valence-corrected chi connectivity index (χ1v) is 3.02. The van der Waals surface area contributed by atoms with E-state index in [1.165, 1.54) is 0 Å². The van der Waals surface area contributed by atoms with Crippen LogP contribution in [0.3, 0.4) is 0 Å². The van der Waals surface area contributed by atoms with Crippen LogP contribution in [0.25, 0.3) is 10.4 Å². The van der Waals surface area contributed by atoms with Gasteiger partial charge >= 0.3 is 0 Å². The minimum absolute atomic E-state index is 0.101. The van der Waals surface area contributed by atoms with Gasteiger partial charge in [-0.05, 0) is 5.53 Å². The molecule has 1 aliphatic heterocycles. The van der Waals surface area contributed by atoms with Crippen LogP contribution in [0.1, 0.15) is 0 Å². The molecule has 6 nitrogen and oxygen atoms in total. The average molecular weight is 154 g/mol. The molecule has 0 aromatic carbocycles. The second kappa shape index (κ2) is 3.78. The van der Waals surface area contributed by atoms with Crippen molar-refractivity contribution in [2.45, 2.75) is 12.2 Å². The maximum Gasteiger partial charge on any atom is 0.173 e. The largest absolute Gasteiger partial charge is 0.348 e. The van der Waals surface area contributed by atoms with Gasteiger partial charge in [-0.3, -0.25) is 0 Å². The van der Waals surface area contributed by atoms with E-state index in [-0.39, 0.29) is 13.3 Å². The number of rotatable bonds is 2. The van der Waals surface area contributed by atoms with Crippen molar-refractivity contribution in [3.05, 3.63) is 10.4 Å². The molecule has 0 aromatic heterocycles. The van der Waals surface area contributed by atoms with E-state index in [1.807, 2.05) is 6.07 Å². The van der Waals surface area contributed by atoms with Crippen LogP contribution in [0.5, 0.6) is 0 Å². The minimum Gasteiger partial charge on any atom is -0.348 e. The van der Waals surface area contributed by atoms with E-state index < -0.39 is 12.2 Å². The molecule has 0 N–H and O–H groups in total. The molecule has 1 rings (SSSR count). The molecule has 1 heterocycles. The molecule has 0 radical (unpaired) electrons. The Hall–Kier alpha value is -1.28. The molecule has 1 fully saturated rings. The zero-order valence-electron chi connectivity index (χ0n) is 5.67. The first-order chi connectivity index (χ1) is 5.38. The zero-order chi connectivity index (χ0) is 8.10. The van der Waals surface area contributed by atoms with E-state index in [0.29, 0.717) is 0 Å². The van der Waals surface area contributed by atoms with E-state index in [2.05, 4.69) is 10.0 Å². The Labute approximate surface area is 62.9 Å². The molecule has 0 aliphatic carbocycles. The van der Waals surface area contributed by atoms with Crippen LogP contribution < -0.4 is 0 Å². The van der Waals surface area contributed by atoms with Gasteiger partial charge in [0.2, 0.25) is 0 Å². The topological polar surface area (TPSA) is 91.0 Å². The smallest absolute Gasteiger partial charge is 0.173 e. The fourth-order valence-electron chi connectivity index (χ4n) is 0.781. The normalized spacial score (nSPS) is 29.0. The summed E-state index contributed by atoms with van der Waals surface area (Å²) in [6.45, 7) is 0.249. The van der Waals surface area contributed by atoms with E-state index in [9.17, 15) is 0 Å². The molecule has 11 heavy (non-hydrogen) atoms. The molecule has 2 unspecified atom stereocenters. The van der Waals surface area contributed by atoms with Gasteiger partial charge in [0.25, 0.3) is 0 Å². The van der Waals surface area contributed by atoms with Gasteiger partial charge in [0, 0.05) is 4.91 Å². The van der Waals surface area contributed by atoms with E-state index in [0.717, 1.165) is 0 Å². The van der Waals surface area contributed by atoms with Crippen molar-refractivity contribution in [3.8, 4) is 6.07 Å². The van der Waals surface area contributed by atoms with Crippen LogP contribution in [-0.4, -0.2) is 25.5 Å². The van der Waals surface area contributed by atoms with Crippen molar-refractivity contribution in [3.63, 3.8) is 0 Å². The van der Waals surface area contributed by atoms with Crippen molar-refractivity contribution in [1.82, 2.24) is 0 Å². The molecule has 0 bridgehead atoms. The van der Waals surface area contributed by atoms with Gasteiger partial charge < -0.3 is 9.47 Å². The summed E-state index contributed by atoms with van der Waals surface area (Å²) in [5, 5.41) is 11.7. The van der Waals surface area contributed by atoms with Crippen LogP contribution >= 0.6 is 0 Å². The van der Waals surface area contributed by atoms with Crippen molar-refractivity contribution >= 4 is 0 Å². The molecule has 6 heteroatoms. The molecular weight excluding hydrogens is 148 g/mol. The Bertz CT molecular complexity index is 217. The summed E-state index contributed by atoms with van der Waals surface area (Å²) in [5.74, 6) is 0. The Balaban J connectivity index is 2.44. The molecule has 0 spiro atoms. The first-order valence-electron chi connectivity index (χ1n) is 3.02. The van der Waals surface area contributed by atoms with Crippen LogP contribution in [0, 0.1) is 11.3 Å². The summed E-state index contributed by atoms with van der Waals surface area (Å²) in [5.41, 5.74) is 7.96. The van der Waals surface area contributed by atoms with E-state index in [1.54, 1.807) is 0 Å². The molecule has 0 saturated carbocycles. The van der Waals surface area contributed by atoms with Crippen molar-refractivity contribution in [2.75, 3.05) is 13.3 Å². The molecule has 1 aliphatic rings. The first kappa shape index (κ1) is 7.82. The SMILES string of the molecule is N#CC1OCOC1CN=[N+]=[N-]. The second-order valence-corrected chi connectivity index (χ2v) is 1.95. The van der Waals surface area contributed by atoms with Crippen LogP contribution in [0.2, 0.25) is 0 Å². The van der Waals surface area contributed by atoms with E-state index >= 15 is 0 Å². The fourth-order valence-corrected chi connectivity index (χ4v) is 0.781. The lowest BCUT2D eigenvalue weighted by Gasteiger charge is -2.04. The van der Waals surface area contributed by atoms with Crippen molar-refractivity contribution in [2.24, 2.45) is 5.11 Å². The number of nitriles is 1. The summed E-state index contributed by atoms with van der Waals surface area (Å²) in [4.78, 5) is 2.55. The highest BCUT2D eigenvalue weighted by molar-refractivity contribution is 4.93. The number of hydrogen-bond acceptors (Lipinski definition) is 4. The second-order valence-electron chi connectivity index (χ2n) is 1.95. The lowest BCUT2D eigenvalue weighted by atomic mass is 10.2. The third-order valence-corrected chi connectivity index (χ3v) is 1.32. The highest BCUT2D eigenvalue weighted by Gasteiger charge is 2.27. The minimum atomic E-state index is -0.597. The van der Waals surface area contributed by atoms with Gasteiger partial charge in [-0.2, -0.15) is 5.26 Å². The highest BCUT2D eigenvalue weighted by Crippen LogP contribution is 2.11. The number of hydrogen-bond donors (Lipinski definition) is 0. The van der Waals surface area contributed by atoms with Gasteiger partial charge in [-0.15, -0.1) is 0 Å². The summed E-state index contributed by atoms with van der Waals surface area (Å²) < 4.78 is 9.79. The molecular formula is C5H6N4O2. The lowest BCUT2D eigenvalue weighted by molar-refractivity contribution is 0.0451. The van der Waals surface area contributed by atoms with Crippen LogP contribution in [0.15, 0.2) is 5.11 Å². The fraction of sp³-hybridized carbons (Fsp3) is 0.800. The molecule has 1 saturated heterocycles. The lowest BCUT2D eigenvalue weighted by Crippen LogP contribution is -2.23. The standard InChI is InChI=1S/C5H6N4O2/c6-1-4-5(2-8-9-7)11-3-10-4/h4-5H,2-3H2. The zero-order valence-corrected chi connectivity index (χ0v) is 5.67. The number of nitrogens with zero attached hydrogens (tertiary/aromatic N) is 4. The average Bonchev–Trinajstić information content (AvgIpc) is 2.47. The monoisotopic (exact) mass is 154 g/mol. The summed E-state index contributed by atoms with van der Waals surface area (Å²) >= 11 is 0. The summed E-state index contributed by atoms with van der Waals surface area (Å²) in [6, 6.07) is 1.89. The molecule has 0 aromatic rings. The van der Waals surface area contributed by atoms with Crippen LogP contribution in [-0.2, 0) is 9.47 Å². The maximum absolute atomic E-state index is 8.45. The Kier molecular flexibility index (Phi) is 2.69. The summed E-state index contributed by atoms with van der Waals surface area (Å²) in [6.07, 6.45) is -1.00. The third kappa shape index (κ3) is 1.82. The Morgan fingerprint density at radius 2 is 2.55 bits per heavy atom. The number of ether oxygens (including phenoxy) is 2. The van der Waals surface area contributed by atoms with Crippen LogP contribution in [0.4, 0.5) is 0 Å². The van der Waals surface area contributed by atoms with Gasteiger partial charge in [0.15, 0.2) is 6.10 Å². The molecule has 58 valence electrons. The Morgan fingerprint density at radius 3 is 3.18 bits per heavy atom.